The van der Waals surface area contributed by atoms with Crippen molar-refractivity contribution in [1.82, 2.24) is 29.9 Å². The Kier molecular flexibility index (Phi) is 6.06. The zero-order chi connectivity index (χ0) is 23.7. The van der Waals surface area contributed by atoms with E-state index in [1.165, 1.54) is 7.11 Å². The molecule has 1 fully saturated rings. The molecule has 1 aliphatic rings. The summed E-state index contributed by atoms with van der Waals surface area (Å²) in [6, 6.07) is 11.4. The van der Waals surface area contributed by atoms with Crippen molar-refractivity contribution in [3.05, 3.63) is 47.1 Å². The number of methoxy groups -OCH3 is 2. The largest absolute Gasteiger partial charge is 0.481 e. The Bertz CT molecular complexity index is 1280. The maximum absolute atomic E-state index is 6.15. The summed E-state index contributed by atoms with van der Waals surface area (Å²) in [5.41, 5.74) is 2.30. The third-order valence-corrected chi connectivity index (χ3v) is 6.13. The molecular formula is C23H24ClN7O3. The first-order valence-corrected chi connectivity index (χ1v) is 11.3. The fourth-order valence-electron chi connectivity index (χ4n) is 4.21. The summed E-state index contributed by atoms with van der Waals surface area (Å²) in [6.45, 7) is 0.826. The highest BCUT2D eigenvalue weighted by molar-refractivity contribution is 6.30. The quantitative estimate of drug-likeness (QED) is 0.398. The van der Waals surface area contributed by atoms with Crippen molar-refractivity contribution >= 4 is 17.5 Å². The Labute approximate surface area is 201 Å². The zero-order valence-corrected chi connectivity index (χ0v) is 19.9. The zero-order valence-electron chi connectivity index (χ0n) is 19.1. The number of halogens is 1. The molecule has 0 radical (unpaired) electrons. The maximum Gasteiger partial charge on any atom is 0.320 e. The van der Waals surface area contributed by atoms with Crippen LogP contribution in [0.3, 0.4) is 0 Å². The third-order valence-electron chi connectivity index (χ3n) is 5.89. The minimum atomic E-state index is 0.00987. The number of hydrogen-bond donors (Lipinski definition) is 0. The van der Waals surface area contributed by atoms with Crippen LogP contribution in [0.5, 0.6) is 11.9 Å². The second-order valence-corrected chi connectivity index (χ2v) is 8.43. The Morgan fingerprint density at radius 1 is 1.06 bits per heavy atom. The van der Waals surface area contributed by atoms with Gasteiger partial charge in [-0.25, -0.2) is 0 Å². The third kappa shape index (κ3) is 4.16. The normalized spacial score (nSPS) is 16.0. The van der Waals surface area contributed by atoms with Crippen LogP contribution in [0.4, 0.5) is 5.95 Å². The predicted octanol–water partition coefficient (Wildman–Crippen LogP) is 4.33. The minimum absolute atomic E-state index is 0.00987. The monoisotopic (exact) mass is 481 g/mol. The van der Waals surface area contributed by atoms with Gasteiger partial charge in [0.1, 0.15) is 11.4 Å². The highest BCUT2D eigenvalue weighted by Crippen LogP contribution is 2.36. The van der Waals surface area contributed by atoms with Gasteiger partial charge in [-0.1, -0.05) is 28.9 Å². The van der Waals surface area contributed by atoms with Crippen LogP contribution in [-0.4, -0.2) is 50.7 Å². The van der Waals surface area contributed by atoms with E-state index < -0.39 is 0 Å². The second kappa shape index (κ2) is 9.30. The van der Waals surface area contributed by atoms with Crippen molar-refractivity contribution < 1.29 is 14.0 Å². The lowest BCUT2D eigenvalue weighted by atomic mass is 9.99. The molecule has 10 nitrogen and oxygen atoms in total. The van der Waals surface area contributed by atoms with Crippen LogP contribution < -0.4 is 14.4 Å². The average Bonchev–Trinajstić information content (AvgIpc) is 3.51. The molecule has 4 heterocycles. The van der Waals surface area contributed by atoms with Crippen LogP contribution in [0.15, 0.2) is 40.9 Å². The molecule has 0 saturated carbocycles. The Hall–Kier alpha value is -3.66. The molecule has 0 spiro atoms. The number of benzene rings is 1. The summed E-state index contributed by atoms with van der Waals surface area (Å²) < 4.78 is 18.1. The molecular weight excluding hydrogens is 458 g/mol. The van der Waals surface area contributed by atoms with E-state index in [9.17, 15) is 0 Å². The van der Waals surface area contributed by atoms with Crippen LogP contribution in [0.25, 0.3) is 22.8 Å². The number of rotatable bonds is 6. The highest BCUT2D eigenvalue weighted by atomic mass is 35.5. The van der Waals surface area contributed by atoms with Gasteiger partial charge in [-0.15, -0.1) is 10.2 Å². The first kappa shape index (κ1) is 22.1. The summed E-state index contributed by atoms with van der Waals surface area (Å²) in [4.78, 5) is 10.8. The van der Waals surface area contributed by atoms with Crippen molar-refractivity contribution in [3.63, 3.8) is 0 Å². The summed E-state index contributed by atoms with van der Waals surface area (Å²) in [6.07, 6.45) is 3.07. The molecule has 0 aliphatic carbocycles. The van der Waals surface area contributed by atoms with Gasteiger partial charge in [0.25, 0.3) is 0 Å². The van der Waals surface area contributed by atoms with Crippen molar-refractivity contribution in [2.75, 3.05) is 25.7 Å². The molecule has 5 rings (SSSR count). The fourth-order valence-corrected chi connectivity index (χ4v) is 4.40. The van der Waals surface area contributed by atoms with E-state index in [0.29, 0.717) is 28.2 Å². The molecule has 1 atom stereocenters. The Morgan fingerprint density at radius 2 is 1.94 bits per heavy atom. The molecule has 0 amide bonds. The molecule has 0 bridgehead atoms. The highest BCUT2D eigenvalue weighted by Gasteiger charge is 2.31. The van der Waals surface area contributed by atoms with Gasteiger partial charge in [-0.2, -0.15) is 9.97 Å². The van der Waals surface area contributed by atoms with Crippen molar-refractivity contribution in [2.24, 2.45) is 7.05 Å². The summed E-state index contributed by atoms with van der Waals surface area (Å²) in [5.74, 6) is 2.38. The fraction of sp³-hybridized carbons (Fsp3) is 0.348. The molecule has 1 unspecified atom stereocenters. The lowest BCUT2D eigenvalue weighted by Gasteiger charge is -2.34. The number of piperidine rings is 1. The first-order chi connectivity index (χ1) is 16.6. The summed E-state index contributed by atoms with van der Waals surface area (Å²) >= 11 is 6.15. The first-order valence-electron chi connectivity index (χ1n) is 10.9. The number of hydrogen-bond acceptors (Lipinski definition) is 9. The van der Waals surface area contributed by atoms with E-state index in [0.717, 1.165) is 43.0 Å². The molecule has 1 aliphatic heterocycles. The predicted molar refractivity (Wildman–Crippen MR) is 126 cm³/mol. The number of nitrogens with zero attached hydrogens (tertiary/aromatic N) is 7. The molecule has 3 aromatic heterocycles. The topological polar surface area (TPSA) is 104 Å². The van der Waals surface area contributed by atoms with E-state index in [1.54, 1.807) is 13.2 Å². The van der Waals surface area contributed by atoms with E-state index in [1.807, 2.05) is 41.9 Å². The van der Waals surface area contributed by atoms with Gasteiger partial charge in [0.15, 0.2) is 11.6 Å². The Morgan fingerprint density at radius 3 is 2.74 bits per heavy atom. The number of ether oxygens (including phenoxy) is 2. The van der Waals surface area contributed by atoms with Crippen molar-refractivity contribution in [3.8, 4) is 34.7 Å². The molecule has 1 aromatic carbocycles. The lowest BCUT2D eigenvalue weighted by molar-refractivity contribution is 0.352. The number of aromatic nitrogens is 6. The van der Waals surface area contributed by atoms with Crippen LogP contribution in [0.1, 0.15) is 31.0 Å². The molecule has 34 heavy (non-hydrogen) atoms. The SMILES string of the molecule is COc1cc(-c2nnc(N3CCCCC3c3cc(-c4cccc(Cl)c4)on3)n2C)nc(OC)n1. The average molecular weight is 482 g/mol. The maximum atomic E-state index is 6.15. The van der Waals surface area contributed by atoms with Crippen LogP contribution in [0, 0.1) is 0 Å². The van der Waals surface area contributed by atoms with Crippen molar-refractivity contribution in [1.29, 1.82) is 0 Å². The van der Waals surface area contributed by atoms with Crippen LogP contribution in [0.2, 0.25) is 5.02 Å². The van der Waals surface area contributed by atoms with E-state index in [2.05, 4.69) is 30.2 Å². The van der Waals surface area contributed by atoms with E-state index >= 15 is 0 Å². The van der Waals surface area contributed by atoms with Gasteiger partial charge in [0, 0.05) is 36.3 Å². The van der Waals surface area contributed by atoms with E-state index in [-0.39, 0.29) is 12.1 Å². The van der Waals surface area contributed by atoms with Gasteiger partial charge in [0.05, 0.1) is 20.3 Å². The summed E-state index contributed by atoms with van der Waals surface area (Å²) in [7, 11) is 4.97. The van der Waals surface area contributed by atoms with Gasteiger partial charge >= 0.3 is 6.01 Å². The van der Waals surface area contributed by atoms with Crippen LogP contribution >= 0.6 is 11.6 Å². The van der Waals surface area contributed by atoms with Gasteiger partial charge < -0.3 is 18.9 Å². The van der Waals surface area contributed by atoms with Crippen LogP contribution in [-0.2, 0) is 7.05 Å². The second-order valence-electron chi connectivity index (χ2n) is 8.00. The Balaban J connectivity index is 1.48. The molecule has 176 valence electrons. The molecule has 1 saturated heterocycles. The lowest BCUT2D eigenvalue weighted by Crippen LogP contribution is -2.35. The smallest absolute Gasteiger partial charge is 0.320 e. The standard InChI is InChI=1S/C23H24ClN7O3/c1-30-21(17-13-20(32-2)26-22(25-17)33-3)27-28-23(30)31-10-5-4-9-18(31)16-12-19(34-29-16)14-7-6-8-15(24)11-14/h6-8,11-13,18H,4-5,9-10H2,1-3H3. The van der Waals surface area contributed by atoms with Gasteiger partial charge in [-0.05, 0) is 31.4 Å². The van der Waals surface area contributed by atoms with Gasteiger partial charge in [-0.3, -0.25) is 4.57 Å². The number of anilines is 1. The van der Waals surface area contributed by atoms with Crippen molar-refractivity contribution in [2.45, 2.75) is 25.3 Å². The van der Waals surface area contributed by atoms with E-state index in [4.69, 9.17) is 25.6 Å². The molecule has 4 aromatic rings. The molecule has 11 heteroatoms. The van der Waals surface area contributed by atoms with Gasteiger partial charge in [0.2, 0.25) is 11.8 Å². The molecule has 0 N–H and O–H groups in total. The summed E-state index contributed by atoms with van der Waals surface area (Å²) in [5, 5.41) is 14.0. The minimum Gasteiger partial charge on any atom is -0.481 e.